The number of methoxy groups -OCH3 is 1. The van der Waals surface area contributed by atoms with E-state index in [2.05, 4.69) is 20.8 Å². The fourth-order valence-electron chi connectivity index (χ4n) is 4.41. The normalized spacial score (nSPS) is 15.7. The van der Waals surface area contributed by atoms with Gasteiger partial charge in [0.05, 0.1) is 18.5 Å². The zero-order chi connectivity index (χ0) is 21.1. The van der Waals surface area contributed by atoms with Crippen LogP contribution in [0.3, 0.4) is 0 Å². The van der Waals surface area contributed by atoms with Crippen LogP contribution in [0.25, 0.3) is 22.2 Å². The van der Waals surface area contributed by atoms with Gasteiger partial charge >= 0.3 is 5.97 Å². The van der Waals surface area contributed by atoms with Crippen molar-refractivity contribution in [3.8, 4) is 17.3 Å². The summed E-state index contributed by atoms with van der Waals surface area (Å²) in [6.07, 6.45) is 0.709. The van der Waals surface area contributed by atoms with Crippen molar-refractivity contribution in [2.24, 2.45) is 12.5 Å². The first-order valence-corrected chi connectivity index (χ1v) is 9.58. The summed E-state index contributed by atoms with van der Waals surface area (Å²) >= 11 is 0. The molecule has 150 valence electrons. The number of aromatic nitrogens is 2. The number of hydrogen-bond donors (Lipinski definition) is 1. The van der Waals surface area contributed by atoms with Crippen molar-refractivity contribution in [3.05, 3.63) is 57.4 Å². The molecule has 0 bridgehead atoms. The van der Waals surface area contributed by atoms with Crippen LogP contribution in [0.4, 0.5) is 0 Å². The van der Waals surface area contributed by atoms with Gasteiger partial charge in [-0.05, 0) is 46.4 Å². The number of carbonyl (C=O) groups is 1. The summed E-state index contributed by atoms with van der Waals surface area (Å²) in [7, 11) is 3.20. The maximum absolute atomic E-state index is 12.8. The standard InChI is InChI=1S/C23H24N2O4/c1-23(2,3)17-11-14-12-8-6-7-9-13(12)20(29-5)24-18(14)19-15(17)10-16(22(27)28)21(26)25(19)4/h6-10,17H,11H2,1-5H3,(H,27,28)/t17-/m1/s1. The Balaban J connectivity index is 2.18. The summed E-state index contributed by atoms with van der Waals surface area (Å²) in [6, 6.07) is 9.51. The third-order valence-corrected chi connectivity index (χ3v) is 5.90. The molecular weight excluding hydrogens is 368 g/mol. The molecule has 1 atom stereocenters. The topological polar surface area (TPSA) is 81.4 Å². The molecule has 0 fully saturated rings. The molecule has 4 rings (SSSR count). The van der Waals surface area contributed by atoms with E-state index in [0.29, 0.717) is 23.7 Å². The minimum Gasteiger partial charge on any atom is -0.481 e. The molecule has 1 N–H and O–H groups in total. The van der Waals surface area contributed by atoms with Crippen LogP contribution in [0.15, 0.2) is 35.1 Å². The van der Waals surface area contributed by atoms with Gasteiger partial charge in [0.2, 0.25) is 5.88 Å². The quantitative estimate of drug-likeness (QED) is 0.713. The summed E-state index contributed by atoms with van der Waals surface area (Å²) in [5.74, 6) is -0.682. The van der Waals surface area contributed by atoms with E-state index in [1.807, 2.05) is 24.3 Å². The number of rotatable bonds is 2. The lowest BCUT2D eigenvalue weighted by atomic mass is 9.69. The SMILES string of the molecule is COc1nc2c(c3ccccc13)C[C@@H](C(C)(C)C)c1cc(C(=O)O)c(=O)n(C)c1-2. The molecule has 0 saturated carbocycles. The molecular formula is C23H24N2O4. The smallest absolute Gasteiger partial charge is 0.341 e. The third kappa shape index (κ3) is 2.82. The molecule has 0 unspecified atom stereocenters. The summed E-state index contributed by atoms with van der Waals surface area (Å²) in [6.45, 7) is 6.41. The first kappa shape index (κ1) is 19.2. The average Bonchev–Trinajstić information content (AvgIpc) is 2.67. The number of aromatic carboxylic acids is 1. The average molecular weight is 392 g/mol. The van der Waals surface area contributed by atoms with E-state index in [1.165, 1.54) is 4.57 Å². The van der Waals surface area contributed by atoms with E-state index in [0.717, 1.165) is 21.9 Å². The van der Waals surface area contributed by atoms with E-state index in [-0.39, 0.29) is 16.9 Å². The maximum atomic E-state index is 12.8. The highest BCUT2D eigenvalue weighted by molar-refractivity contribution is 5.95. The molecule has 0 spiro atoms. The van der Waals surface area contributed by atoms with Gasteiger partial charge in [-0.25, -0.2) is 9.78 Å². The van der Waals surface area contributed by atoms with Gasteiger partial charge in [0, 0.05) is 12.4 Å². The van der Waals surface area contributed by atoms with Crippen molar-refractivity contribution in [3.63, 3.8) is 0 Å². The molecule has 1 aliphatic rings. The fourth-order valence-corrected chi connectivity index (χ4v) is 4.41. The summed E-state index contributed by atoms with van der Waals surface area (Å²) in [4.78, 5) is 29.2. The number of benzene rings is 1. The lowest BCUT2D eigenvalue weighted by Crippen LogP contribution is -2.33. The van der Waals surface area contributed by atoms with Crippen LogP contribution < -0.4 is 10.3 Å². The van der Waals surface area contributed by atoms with E-state index in [9.17, 15) is 14.7 Å². The van der Waals surface area contributed by atoms with Gasteiger partial charge in [-0.1, -0.05) is 39.0 Å². The minimum absolute atomic E-state index is 0.0356. The Labute approximate surface area is 168 Å². The molecule has 3 aromatic rings. The summed E-state index contributed by atoms with van der Waals surface area (Å²) in [5.41, 5.74) is 2.38. The largest absolute Gasteiger partial charge is 0.481 e. The van der Waals surface area contributed by atoms with Crippen LogP contribution >= 0.6 is 0 Å². The Morgan fingerprint density at radius 3 is 2.48 bits per heavy atom. The van der Waals surface area contributed by atoms with Crippen molar-refractivity contribution in [1.82, 2.24) is 9.55 Å². The lowest BCUT2D eigenvalue weighted by Gasteiger charge is -2.37. The first-order chi connectivity index (χ1) is 13.6. The highest BCUT2D eigenvalue weighted by Gasteiger charge is 2.37. The summed E-state index contributed by atoms with van der Waals surface area (Å²) < 4.78 is 6.97. The number of pyridine rings is 2. The van der Waals surface area contributed by atoms with Crippen LogP contribution in [0.5, 0.6) is 5.88 Å². The highest BCUT2D eigenvalue weighted by atomic mass is 16.5. The fraction of sp³-hybridized carbons (Fsp3) is 0.348. The number of nitrogens with zero attached hydrogens (tertiary/aromatic N) is 2. The molecule has 2 aromatic heterocycles. The number of hydrogen-bond acceptors (Lipinski definition) is 4. The van der Waals surface area contributed by atoms with Crippen molar-refractivity contribution in [1.29, 1.82) is 0 Å². The minimum atomic E-state index is -1.21. The number of fused-ring (bicyclic) bond motifs is 5. The Morgan fingerprint density at radius 1 is 1.24 bits per heavy atom. The van der Waals surface area contributed by atoms with Gasteiger partial charge in [-0.2, -0.15) is 0 Å². The van der Waals surface area contributed by atoms with Crippen LogP contribution in [0.2, 0.25) is 0 Å². The van der Waals surface area contributed by atoms with E-state index >= 15 is 0 Å². The maximum Gasteiger partial charge on any atom is 0.341 e. The second-order valence-electron chi connectivity index (χ2n) is 8.65. The summed E-state index contributed by atoms with van der Waals surface area (Å²) in [5, 5.41) is 11.5. The molecule has 0 radical (unpaired) electrons. The van der Waals surface area contributed by atoms with E-state index in [1.54, 1.807) is 20.2 Å². The van der Waals surface area contributed by atoms with E-state index in [4.69, 9.17) is 9.72 Å². The molecule has 6 nitrogen and oxygen atoms in total. The molecule has 1 aliphatic carbocycles. The zero-order valence-electron chi connectivity index (χ0n) is 17.2. The second-order valence-corrected chi connectivity index (χ2v) is 8.65. The van der Waals surface area contributed by atoms with Gasteiger partial charge in [0.15, 0.2) is 0 Å². The molecule has 2 heterocycles. The van der Waals surface area contributed by atoms with Crippen molar-refractivity contribution >= 4 is 16.7 Å². The molecule has 0 amide bonds. The molecule has 0 saturated heterocycles. The molecule has 29 heavy (non-hydrogen) atoms. The van der Waals surface area contributed by atoms with Crippen LogP contribution in [-0.4, -0.2) is 27.7 Å². The number of carboxylic acid groups (broad SMARTS) is 1. The van der Waals surface area contributed by atoms with Crippen LogP contribution in [-0.2, 0) is 13.5 Å². The van der Waals surface area contributed by atoms with Gasteiger partial charge in [0.1, 0.15) is 5.56 Å². The zero-order valence-corrected chi connectivity index (χ0v) is 17.2. The van der Waals surface area contributed by atoms with Crippen molar-refractivity contribution in [2.45, 2.75) is 33.1 Å². The molecule has 0 aliphatic heterocycles. The Hall–Kier alpha value is -3.15. The lowest BCUT2D eigenvalue weighted by molar-refractivity contribution is 0.0694. The monoisotopic (exact) mass is 392 g/mol. The van der Waals surface area contributed by atoms with Gasteiger partial charge in [0.25, 0.3) is 5.56 Å². The van der Waals surface area contributed by atoms with Gasteiger partial charge < -0.3 is 14.4 Å². The predicted molar refractivity (Wildman–Crippen MR) is 112 cm³/mol. The second kappa shape index (κ2) is 6.44. The Kier molecular flexibility index (Phi) is 4.26. The number of ether oxygens (including phenoxy) is 1. The van der Waals surface area contributed by atoms with Gasteiger partial charge in [-0.3, -0.25) is 4.79 Å². The van der Waals surface area contributed by atoms with Crippen LogP contribution in [0.1, 0.15) is 48.2 Å². The van der Waals surface area contributed by atoms with Crippen molar-refractivity contribution in [2.75, 3.05) is 7.11 Å². The van der Waals surface area contributed by atoms with Gasteiger partial charge in [-0.15, -0.1) is 0 Å². The van der Waals surface area contributed by atoms with Crippen LogP contribution in [0, 0.1) is 5.41 Å². The predicted octanol–water partition coefficient (Wildman–Crippen LogP) is 3.99. The highest BCUT2D eigenvalue weighted by Crippen LogP contribution is 2.49. The third-order valence-electron chi connectivity index (χ3n) is 5.90. The Morgan fingerprint density at radius 2 is 1.90 bits per heavy atom. The molecule has 1 aromatic carbocycles. The van der Waals surface area contributed by atoms with Crippen molar-refractivity contribution < 1.29 is 14.6 Å². The Bertz CT molecular complexity index is 1220. The first-order valence-electron chi connectivity index (χ1n) is 9.58. The number of carboxylic acids is 1. The van der Waals surface area contributed by atoms with E-state index < -0.39 is 11.5 Å². The molecule has 6 heteroatoms.